The zero-order valence-electron chi connectivity index (χ0n) is 7.46. The lowest BCUT2D eigenvalue weighted by Crippen LogP contribution is -2.27. The number of H-pyrrole nitrogens is 1. The van der Waals surface area contributed by atoms with Crippen molar-refractivity contribution in [2.75, 3.05) is 18.9 Å². The van der Waals surface area contributed by atoms with Gasteiger partial charge in [-0.2, -0.15) is 5.10 Å². The van der Waals surface area contributed by atoms with Crippen LogP contribution in [-0.2, 0) is 0 Å². The second-order valence-corrected chi connectivity index (χ2v) is 3.55. The van der Waals surface area contributed by atoms with Crippen molar-refractivity contribution < 1.29 is 4.79 Å². The zero-order chi connectivity index (χ0) is 9.68. The first-order chi connectivity index (χ1) is 6.25. The van der Waals surface area contributed by atoms with Crippen LogP contribution >= 0.6 is 15.9 Å². The van der Waals surface area contributed by atoms with Gasteiger partial charge in [0.15, 0.2) is 0 Å². The molecule has 0 fully saturated rings. The predicted molar refractivity (Wildman–Crippen MR) is 54.0 cm³/mol. The first-order valence-corrected chi connectivity index (χ1v) is 5.18. The fourth-order valence-electron chi connectivity index (χ4n) is 0.987. The summed E-state index contributed by atoms with van der Waals surface area (Å²) in [5, 5.41) is 7.25. The number of hydrogen-bond donors (Lipinski definition) is 1. The molecule has 4 nitrogen and oxygen atoms in total. The summed E-state index contributed by atoms with van der Waals surface area (Å²) in [5.74, 6) is 0.00898. The van der Waals surface area contributed by atoms with Crippen LogP contribution in [0.4, 0.5) is 0 Å². The molecule has 1 amide bonds. The summed E-state index contributed by atoms with van der Waals surface area (Å²) in [7, 11) is 1.79. The van der Waals surface area contributed by atoms with E-state index in [4.69, 9.17) is 0 Å². The molecule has 72 valence electrons. The fourth-order valence-corrected chi connectivity index (χ4v) is 1.24. The second-order valence-electron chi connectivity index (χ2n) is 2.76. The summed E-state index contributed by atoms with van der Waals surface area (Å²) in [5.41, 5.74) is 0.608. The minimum absolute atomic E-state index is 0.00898. The molecule has 1 aromatic heterocycles. The van der Waals surface area contributed by atoms with Crippen LogP contribution in [0, 0.1) is 0 Å². The number of aromatic nitrogens is 2. The van der Waals surface area contributed by atoms with E-state index in [2.05, 4.69) is 26.1 Å². The molecular formula is C8H12BrN3O. The number of halogens is 1. The summed E-state index contributed by atoms with van der Waals surface area (Å²) in [6.45, 7) is 0.759. The third-order valence-electron chi connectivity index (χ3n) is 1.72. The van der Waals surface area contributed by atoms with Gasteiger partial charge in [-0.25, -0.2) is 0 Å². The van der Waals surface area contributed by atoms with Crippen molar-refractivity contribution >= 4 is 21.8 Å². The van der Waals surface area contributed by atoms with Crippen LogP contribution in [0.5, 0.6) is 0 Å². The number of amides is 1. The van der Waals surface area contributed by atoms with Crippen LogP contribution < -0.4 is 0 Å². The Kier molecular flexibility index (Phi) is 3.95. The van der Waals surface area contributed by atoms with E-state index in [1.165, 1.54) is 6.20 Å². The van der Waals surface area contributed by atoms with Crippen LogP contribution in [0.2, 0.25) is 0 Å². The number of rotatable bonds is 4. The Bertz CT molecular complexity index is 260. The van der Waals surface area contributed by atoms with E-state index < -0.39 is 0 Å². The number of nitrogens with one attached hydrogen (secondary N) is 1. The van der Waals surface area contributed by atoms with E-state index in [1.54, 1.807) is 18.1 Å². The van der Waals surface area contributed by atoms with Crippen molar-refractivity contribution in [3.8, 4) is 0 Å². The number of alkyl halides is 1. The molecular weight excluding hydrogens is 234 g/mol. The topological polar surface area (TPSA) is 49.0 Å². The van der Waals surface area contributed by atoms with Crippen LogP contribution in [-0.4, -0.2) is 39.9 Å². The number of nitrogens with zero attached hydrogens (tertiary/aromatic N) is 2. The van der Waals surface area contributed by atoms with Gasteiger partial charge >= 0.3 is 0 Å². The van der Waals surface area contributed by atoms with Crippen molar-refractivity contribution in [1.29, 1.82) is 0 Å². The highest BCUT2D eigenvalue weighted by atomic mass is 79.9. The average molecular weight is 246 g/mol. The highest BCUT2D eigenvalue weighted by molar-refractivity contribution is 9.09. The lowest BCUT2D eigenvalue weighted by atomic mass is 10.3. The Hall–Kier alpha value is -0.840. The van der Waals surface area contributed by atoms with Gasteiger partial charge in [-0.15, -0.1) is 0 Å². The monoisotopic (exact) mass is 245 g/mol. The minimum atomic E-state index is 0.00898. The van der Waals surface area contributed by atoms with Crippen molar-refractivity contribution in [3.05, 3.63) is 18.0 Å². The van der Waals surface area contributed by atoms with Crippen LogP contribution in [0.1, 0.15) is 16.8 Å². The first-order valence-electron chi connectivity index (χ1n) is 4.06. The Morgan fingerprint density at radius 1 is 1.77 bits per heavy atom. The third-order valence-corrected chi connectivity index (χ3v) is 2.28. The summed E-state index contributed by atoms with van der Waals surface area (Å²) in [6, 6.07) is 0. The molecule has 0 spiro atoms. The highest BCUT2D eigenvalue weighted by Crippen LogP contribution is 2.01. The van der Waals surface area contributed by atoms with Crippen molar-refractivity contribution in [3.63, 3.8) is 0 Å². The lowest BCUT2D eigenvalue weighted by Gasteiger charge is -2.14. The smallest absolute Gasteiger partial charge is 0.256 e. The quantitative estimate of drug-likeness (QED) is 0.813. The van der Waals surface area contributed by atoms with E-state index in [-0.39, 0.29) is 5.91 Å². The number of hydrogen-bond acceptors (Lipinski definition) is 2. The largest absolute Gasteiger partial charge is 0.342 e. The van der Waals surface area contributed by atoms with E-state index in [9.17, 15) is 4.79 Å². The standard InChI is InChI=1S/C8H12BrN3O/c1-12(4-2-3-9)8(13)7-5-10-11-6-7/h5-6H,2-4H2,1H3,(H,10,11). The van der Waals surface area contributed by atoms with Gasteiger partial charge in [0, 0.05) is 25.1 Å². The molecule has 0 radical (unpaired) electrons. The number of aromatic amines is 1. The van der Waals surface area contributed by atoms with Gasteiger partial charge in [-0.05, 0) is 6.42 Å². The summed E-state index contributed by atoms with van der Waals surface area (Å²) < 4.78 is 0. The maximum Gasteiger partial charge on any atom is 0.256 e. The number of carbonyl (C=O) groups excluding carboxylic acids is 1. The van der Waals surface area contributed by atoms with Gasteiger partial charge in [0.25, 0.3) is 5.91 Å². The van der Waals surface area contributed by atoms with Gasteiger partial charge in [0.05, 0.1) is 11.8 Å². The first kappa shape index (κ1) is 10.2. The van der Waals surface area contributed by atoms with Gasteiger partial charge in [0.2, 0.25) is 0 Å². The van der Waals surface area contributed by atoms with E-state index in [0.717, 1.165) is 18.3 Å². The molecule has 1 N–H and O–H groups in total. The summed E-state index contributed by atoms with van der Waals surface area (Å²) in [4.78, 5) is 13.2. The van der Waals surface area contributed by atoms with E-state index in [0.29, 0.717) is 5.56 Å². The molecule has 13 heavy (non-hydrogen) atoms. The molecule has 0 atom stereocenters. The minimum Gasteiger partial charge on any atom is -0.342 e. The van der Waals surface area contributed by atoms with Gasteiger partial charge in [-0.3, -0.25) is 9.89 Å². The average Bonchev–Trinajstić information content (AvgIpc) is 2.65. The maximum atomic E-state index is 11.6. The van der Waals surface area contributed by atoms with Crippen molar-refractivity contribution in [1.82, 2.24) is 15.1 Å². The maximum absolute atomic E-state index is 11.6. The molecule has 0 saturated heterocycles. The van der Waals surface area contributed by atoms with Gasteiger partial charge < -0.3 is 4.90 Å². The zero-order valence-corrected chi connectivity index (χ0v) is 9.04. The fraction of sp³-hybridized carbons (Fsp3) is 0.500. The Morgan fingerprint density at radius 3 is 3.08 bits per heavy atom. The van der Waals surface area contributed by atoms with Gasteiger partial charge in [0.1, 0.15) is 0 Å². The highest BCUT2D eigenvalue weighted by Gasteiger charge is 2.11. The normalized spacial score (nSPS) is 10.0. The molecule has 0 unspecified atom stereocenters. The predicted octanol–water partition coefficient (Wildman–Crippen LogP) is 1.27. The van der Waals surface area contributed by atoms with Crippen molar-refractivity contribution in [2.24, 2.45) is 0 Å². The van der Waals surface area contributed by atoms with Crippen LogP contribution in [0.25, 0.3) is 0 Å². The summed E-state index contributed by atoms with van der Waals surface area (Å²) in [6.07, 6.45) is 4.10. The van der Waals surface area contributed by atoms with Crippen molar-refractivity contribution in [2.45, 2.75) is 6.42 Å². The molecule has 1 aromatic rings. The lowest BCUT2D eigenvalue weighted by molar-refractivity contribution is 0.0796. The Morgan fingerprint density at radius 2 is 2.54 bits per heavy atom. The molecule has 1 rings (SSSR count). The molecule has 0 aliphatic heterocycles. The molecule has 0 bridgehead atoms. The molecule has 0 aliphatic carbocycles. The number of carbonyl (C=O) groups is 1. The Labute approximate surface area is 85.4 Å². The molecule has 5 heteroatoms. The summed E-state index contributed by atoms with van der Waals surface area (Å²) >= 11 is 3.32. The third kappa shape index (κ3) is 2.84. The molecule has 1 heterocycles. The Balaban J connectivity index is 2.48. The molecule has 0 aromatic carbocycles. The van der Waals surface area contributed by atoms with E-state index in [1.807, 2.05) is 0 Å². The SMILES string of the molecule is CN(CCCBr)C(=O)c1cn[nH]c1. The van der Waals surface area contributed by atoms with Crippen LogP contribution in [0.3, 0.4) is 0 Å². The molecule has 0 saturated carbocycles. The molecule has 0 aliphatic rings. The van der Waals surface area contributed by atoms with E-state index >= 15 is 0 Å². The van der Waals surface area contributed by atoms with Gasteiger partial charge in [-0.1, -0.05) is 15.9 Å². The van der Waals surface area contributed by atoms with Crippen LogP contribution in [0.15, 0.2) is 12.4 Å². The second kappa shape index (κ2) is 5.01.